The summed E-state index contributed by atoms with van der Waals surface area (Å²) in [7, 11) is 0. The van der Waals surface area contributed by atoms with Crippen LogP contribution in [0, 0.1) is 6.92 Å². The Labute approximate surface area is 106 Å². The van der Waals surface area contributed by atoms with Crippen LogP contribution >= 0.6 is 0 Å². The van der Waals surface area contributed by atoms with Gasteiger partial charge in [-0.1, -0.05) is 12.1 Å². The third-order valence-electron chi connectivity index (χ3n) is 3.49. The maximum absolute atomic E-state index is 11.0. The summed E-state index contributed by atoms with van der Waals surface area (Å²) in [5.41, 5.74) is 4.46. The molecule has 0 spiro atoms. The van der Waals surface area contributed by atoms with Crippen LogP contribution in [0.2, 0.25) is 0 Å². The number of aromatic nitrogens is 1. The maximum Gasteiger partial charge on any atom is 0.195 e. The lowest BCUT2D eigenvalue weighted by molar-refractivity contribution is 0.110. The van der Waals surface area contributed by atoms with Gasteiger partial charge < -0.3 is 4.42 Å². The third-order valence-corrected chi connectivity index (χ3v) is 3.49. The van der Waals surface area contributed by atoms with Gasteiger partial charge in [0.25, 0.3) is 0 Å². The molecule has 3 rings (SSSR count). The average molecular weight is 241 g/mol. The van der Waals surface area contributed by atoms with Crippen molar-refractivity contribution in [3.8, 4) is 11.3 Å². The summed E-state index contributed by atoms with van der Waals surface area (Å²) in [6.07, 6.45) is 5.53. The Balaban J connectivity index is 2.08. The number of fused-ring (bicyclic) bond motifs is 1. The zero-order valence-corrected chi connectivity index (χ0v) is 10.4. The second-order valence-corrected chi connectivity index (χ2v) is 4.75. The smallest absolute Gasteiger partial charge is 0.195 e. The number of aldehydes is 1. The van der Waals surface area contributed by atoms with E-state index in [1.165, 1.54) is 24.0 Å². The molecule has 3 nitrogen and oxygen atoms in total. The van der Waals surface area contributed by atoms with E-state index in [0.29, 0.717) is 17.3 Å². The summed E-state index contributed by atoms with van der Waals surface area (Å²) < 4.78 is 5.28. The molecular formula is C15H15NO2. The molecule has 0 fully saturated rings. The van der Waals surface area contributed by atoms with Crippen LogP contribution in [0.5, 0.6) is 0 Å². The molecule has 3 heteroatoms. The Hall–Kier alpha value is -1.90. The van der Waals surface area contributed by atoms with E-state index < -0.39 is 0 Å². The van der Waals surface area contributed by atoms with Crippen LogP contribution < -0.4 is 0 Å². The van der Waals surface area contributed by atoms with Crippen molar-refractivity contribution in [3.63, 3.8) is 0 Å². The number of carbonyl (C=O) groups is 1. The molecule has 92 valence electrons. The van der Waals surface area contributed by atoms with Gasteiger partial charge in [-0.2, -0.15) is 0 Å². The van der Waals surface area contributed by atoms with Crippen molar-refractivity contribution in [2.24, 2.45) is 0 Å². The molecule has 18 heavy (non-hydrogen) atoms. The predicted molar refractivity (Wildman–Crippen MR) is 68.7 cm³/mol. The fraction of sp³-hybridized carbons (Fsp3) is 0.333. The van der Waals surface area contributed by atoms with Crippen LogP contribution in [-0.2, 0) is 12.8 Å². The van der Waals surface area contributed by atoms with Gasteiger partial charge in [-0.25, -0.2) is 4.98 Å². The van der Waals surface area contributed by atoms with Gasteiger partial charge in [-0.05, 0) is 42.9 Å². The van der Waals surface area contributed by atoms with Crippen LogP contribution in [-0.4, -0.2) is 11.3 Å². The van der Waals surface area contributed by atoms with Crippen molar-refractivity contribution in [2.75, 3.05) is 0 Å². The zero-order chi connectivity index (χ0) is 12.5. The fourth-order valence-electron chi connectivity index (χ4n) is 2.61. The van der Waals surface area contributed by atoms with Gasteiger partial charge in [-0.3, -0.25) is 4.79 Å². The third kappa shape index (κ3) is 1.86. The molecule has 1 aromatic carbocycles. The molecule has 1 aliphatic rings. The molecule has 0 unspecified atom stereocenters. The van der Waals surface area contributed by atoms with E-state index in [4.69, 9.17) is 4.42 Å². The maximum atomic E-state index is 11.0. The number of hydrogen-bond acceptors (Lipinski definition) is 3. The highest BCUT2D eigenvalue weighted by Gasteiger charge is 2.15. The van der Waals surface area contributed by atoms with E-state index in [2.05, 4.69) is 17.1 Å². The lowest BCUT2D eigenvalue weighted by Crippen LogP contribution is -2.02. The number of rotatable bonds is 2. The summed E-state index contributed by atoms with van der Waals surface area (Å²) in [5, 5.41) is 0. The first-order valence-electron chi connectivity index (χ1n) is 6.32. The van der Waals surface area contributed by atoms with Gasteiger partial charge in [0.05, 0.1) is 0 Å². The van der Waals surface area contributed by atoms with Gasteiger partial charge in [0.2, 0.25) is 0 Å². The summed E-state index contributed by atoms with van der Waals surface area (Å²) >= 11 is 0. The largest absolute Gasteiger partial charge is 0.438 e. The highest BCUT2D eigenvalue weighted by atomic mass is 16.4. The average Bonchev–Trinajstić information content (AvgIpc) is 2.79. The predicted octanol–water partition coefficient (Wildman–Crippen LogP) is 3.34. The normalized spacial score (nSPS) is 14.3. The first kappa shape index (κ1) is 11.2. The quantitative estimate of drug-likeness (QED) is 0.757. The van der Waals surface area contributed by atoms with E-state index in [1.807, 2.05) is 6.07 Å². The van der Waals surface area contributed by atoms with Crippen molar-refractivity contribution in [2.45, 2.75) is 32.6 Å². The van der Waals surface area contributed by atoms with E-state index in [9.17, 15) is 4.79 Å². The molecule has 1 aromatic heterocycles. The number of carbonyl (C=O) groups excluding carboxylic acids is 1. The molecule has 0 saturated heterocycles. The number of oxazole rings is 1. The number of benzene rings is 1. The number of hydrogen-bond donors (Lipinski definition) is 0. The summed E-state index contributed by atoms with van der Waals surface area (Å²) in [6, 6.07) is 6.34. The standard InChI is InChI=1S/C15H15NO2/c1-10-16-15(14(9-17)18-10)13-7-6-11-4-2-3-5-12(11)8-13/h6-9H,2-5H2,1H3. The molecule has 2 aromatic rings. The van der Waals surface area contributed by atoms with Gasteiger partial charge in [0.15, 0.2) is 17.9 Å². The minimum Gasteiger partial charge on any atom is -0.438 e. The van der Waals surface area contributed by atoms with E-state index in [0.717, 1.165) is 24.7 Å². The minimum atomic E-state index is 0.322. The Morgan fingerprint density at radius 3 is 2.78 bits per heavy atom. The van der Waals surface area contributed by atoms with Crippen LogP contribution in [0.25, 0.3) is 11.3 Å². The SMILES string of the molecule is Cc1nc(-c2ccc3c(c2)CCCC3)c(C=O)o1. The highest BCUT2D eigenvalue weighted by Crippen LogP contribution is 2.28. The van der Waals surface area contributed by atoms with Crippen molar-refractivity contribution < 1.29 is 9.21 Å². The fourth-order valence-corrected chi connectivity index (χ4v) is 2.61. The van der Waals surface area contributed by atoms with Crippen LogP contribution in [0.15, 0.2) is 22.6 Å². The first-order chi connectivity index (χ1) is 8.78. The topological polar surface area (TPSA) is 43.1 Å². The van der Waals surface area contributed by atoms with Crippen LogP contribution in [0.1, 0.15) is 40.4 Å². The Kier molecular flexibility index (Phi) is 2.74. The summed E-state index contributed by atoms with van der Waals surface area (Å²) in [4.78, 5) is 15.3. The molecule has 0 bridgehead atoms. The lowest BCUT2D eigenvalue weighted by Gasteiger charge is -2.16. The Morgan fingerprint density at radius 2 is 2.00 bits per heavy atom. The minimum absolute atomic E-state index is 0.322. The van der Waals surface area contributed by atoms with Gasteiger partial charge in [-0.15, -0.1) is 0 Å². The van der Waals surface area contributed by atoms with Crippen LogP contribution in [0.3, 0.4) is 0 Å². The van der Waals surface area contributed by atoms with Crippen molar-refractivity contribution >= 4 is 6.29 Å². The van der Waals surface area contributed by atoms with Crippen molar-refractivity contribution in [1.82, 2.24) is 4.98 Å². The Morgan fingerprint density at radius 1 is 1.22 bits per heavy atom. The van der Waals surface area contributed by atoms with Gasteiger partial charge >= 0.3 is 0 Å². The van der Waals surface area contributed by atoms with Crippen LogP contribution in [0.4, 0.5) is 0 Å². The second kappa shape index (κ2) is 4.41. The zero-order valence-electron chi connectivity index (χ0n) is 10.4. The van der Waals surface area contributed by atoms with E-state index in [1.54, 1.807) is 6.92 Å². The van der Waals surface area contributed by atoms with E-state index >= 15 is 0 Å². The molecule has 0 radical (unpaired) electrons. The lowest BCUT2D eigenvalue weighted by atomic mass is 9.90. The number of nitrogens with zero attached hydrogens (tertiary/aromatic N) is 1. The first-order valence-corrected chi connectivity index (χ1v) is 6.32. The molecule has 0 atom stereocenters. The Bertz CT molecular complexity index is 599. The number of aryl methyl sites for hydroxylation is 3. The molecule has 0 saturated carbocycles. The van der Waals surface area contributed by atoms with Crippen molar-refractivity contribution in [1.29, 1.82) is 0 Å². The van der Waals surface area contributed by atoms with Crippen molar-refractivity contribution in [3.05, 3.63) is 41.0 Å². The van der Waals surface area contributed by atoms with Gasteiger partial charge in [0.1, 0.15) is 5.69 Å². The second-order valence-electron chi connectivity index (χ2n) is 4.75. The monoisotopic (exact) mass is 241 g/mol. The van der Waals surface area contributed by atoms with Gasteiger partial charge in [0, 0.05) is 12.5 Å². The molecule has 0 aliphatic heterocycles. The molecule has 0 N–H and O–H groups in total. The molecule has 1 heterocycles. The summed E-state index contributed by atoms with van der Waals surface area (Å²) in [6.45, 7) is 1.76. The molecule has 0 amide bonds. The molecular weight excluding hydrogens is 226 g/mol. The molecule has 1 aliphatic carbocycles. The highest BCUT2D eigenvalue weighted by molar-refractivity contribution is 5.82. The van der Waals surface area contributed by atoms with E-state index in [-0.39, 0.29) is 0 Å². The summed E-state index contributed by atoms with van der Waals surface area (Å²) in [5.74, 6) is 0.855.